The molecule has 4 rings (SSSR count). The number of aromatic nitrogens is 2. The number of nitrogens with one attached hydrogen (secondary N) is 1. The number of nitrogens with zero attached hydrogens (tertiary/aromatic N) is 2. The van der Waals surface area contributed by atoms with Crippen molar-refractivity contribution in [3.8, 4) is 11.4 Å². The van der Waals surface area contributed by atoms with Gasteiger partial charge in [-0.1, -0.05) is 6.07 Å². The minimum absolute atomic E-state index is 0.195. The molecule has 1 aliphatic carbocycles. The summed E-state index contributed by atoms with van der Waals surface area (Å²) in [6.45, 7) is -0.436. The maximum atomic E-state index is 13.2. The van der Waals surface area contributed by atoms with E-state index >= 15 is 0 Å². The van der Waals surface area contributed by atoms with Crippen molar-refractivity contribution in [2.75, 3.05) is 19.0 Å². The van der Waals surface area contributed by atoms with Crippen LogP contribution in [-0.4, -0.2) is 35.4 Å². The number of fused-ring (bicyclic) bond motifs is 1. The minimum Gasteiger partial charge on any atom is -0.497 e. The predicted octanol–water partition coefficient (Wildman–Crippen LogP) is 3.30. The fourth-order valence-electron chi connectivity index (χ4n) is 3.49. The van der Waals surface area contributed by atoms with E-state index < -0.39 is 18.5 Å². The van der Waals surface area contributed by atoms with Crippen molar-refractivity contribution < 1.29 is 23.5 Å². The fourth-order valence-corrected chi connectivity index (χ4v) is 3.49. The lowest BCUT2D eigenvalue weighted by Gasteiger charge is -2.07. The third-order valence-corrected chi connectivity index (χ3v) is 4.88. The van der Waals surface area contributed by atoms with Gasteiger partial charge in [0.2, 0.25) is 0 Å². The molecule has 8 heteroatoms. The summed E-state index contributed by atoms with van der Waals surface area (Å²) < 4.78 is 25.2. The number of methoxy groups -OCH3 is 1. The number of ether oxygens (including phenoxy) is 2. The summed E-state index contributed by atoms with van der Waals surface area (Å²) in [7, 11) is 1.53. The Morgan fingerprint density at radius 1 is 1.17 bits per heavy atom. The first-order valence-electron chi connectivity index (χ1n) is 9.53. The second-order valence-electron chi connectivity index (χ2n) is 6.87. The van der Waals surface area contributed by atoms with Crippen molar-refractivity contribution in [3.05, 3.63) is 71.3 Å². The molecule has 0 unspecified atom stereocenters. The van der Waals surface area contributed by atoms with Crippen LogP contribution in [0.15, 0.2) is 48.5 Å². The number of esters is 1. The molecule has 0 atom stereocenters. The molecule has 3 aromatic rings. The Balaban J connectivity index is 1.45. The molecule has 0 saturated heterocycles. The maximum absolute atomic E-state index is 13.2. The van der Waals surface area contributed by atoms with Crippen molar-refractivity contribution in [1.29, 1.82) is 0 Å². The molecule has 1 aliphatic rings. The van der Waals surface area contributed by atoms with Crippen LogP contribution < -0.4 is 10.1 Å². The number of hydrogen-bond acceptors (Lipinski definition) is 5. The monoisotopic (exact) mass is 409 g/mol. The number of amides is 1. The van der Waals surface area contributed by atoms with Gasteiger partial charge in [0.1, 0.15) is 11.6 Å². The van der Waals surface area contributed by atoms with Gasteiger partial charge >= 0.3 is 5.97 Å². The van der Waals surface area contributed by atoms with E-state index in [0.29, 0.717) is 23.5 Å². The Kier molecular flexibility index (Phi) is 5.47. The van der Waals surface area contributed by atoms with Gasteiger partial charge in [0, 0.05) is 23.0 Å². The van der Waals surface area contributed by atoms with Crippen molar-refractivity contribution in [2.24, 2.45) is 0 Å². The second-order valence-corrected chi connectivity index (χ2v) is 6.87. The third kappa shape index (κ3) is 4.03. The van der Waals surface area contributed by atoms with Crippen LogP contribution >= 0.6 is 0 Å². The number of benzene rings is 2. The number of carbonyl (C=O) groups is 2. The Hall–Kier alpha value is -3.68. The van der Waals surface area contributed by atoms with Gasteiger partial charge in [0.05, 0.1) is 12.8 Å². The van der Waals surface area contributed by atoms with Crippen LogP contribution in [0, 0.1) is 5.82 Å². The molecule has 1 aromatic heterocycles. The average Bonchev–Trinajstić information content (AvgIpc) is 3.36. The van der Waals surface area contributed by atoms with Crippen molar-refractivity contribution in [1.82, 2.24) is 9.78 Å². The fraction of sp³-hybridized carbons (Fsp3) is 0.227. The highest BCUT2D eigenvalue weighted by Crippen LogP contribution is 2.28. The van der Waals surface area contributed by atoms with Crippen LogP contribution in [0.4, 0.5) is 10.1 Å². The molecular weight excluding hydrogens is 389 g/mol. The first-order valence-corrected chi connectivity index (χ1v) is 9.53. The van der Waals surface area contributed by atoms with E-state index in [0.717, 1.165) is 24.1 Å². The smallest absolute Gasteiger partial charge is 0.359 e. The molecule has 1 N–H and O–H groups in total. The zero-order chi connectivity index (χ0) is 21.1. The largest absolute Gasteiger partial charge is 0.497 e. The van der Waals surface area contributed by atoms with Crippen LogP contribution in [-0.2, 0) is 22.4 Å². The van der Waals surface area contributed by atoms with E-state index in [-0.39, 0.29) is 11.5 Å². The van der Waals surface area contributed by atoms with Gasteiger partial charge in [-0.05, 0) is 55.7 Å². The second kappa shape index (κ2) is 8.36. The maximum Gasteiger partial charge on any atom is 0.359 e. The van der Waals surface area contributed by atoms with E-state index in [4.69, 9.17) is 9.47 Å². The molecule has 0 saturated carbocycles. The first kappa shape index (κ1) is 19.6. The average molecular weight is 409 g/mol. The standard InChI is InChI=1S/C22H20FN3O4/c1-29-17-5-2-4-15(12-17)24-20(27)13-30-22(28)21-18-6-3-7-19(18)26(25-21)16-10-8-14(23)9-11-16/h2,4-5,8-12H,3,6-7,13H2,1H3,(H,24,27). The summed E-state index contributed by atoms with van der Waals surface area (Å²) in [4.78, 5) is 24.8. The zero-order valence-electron chi connectivity index (χ0n) is 16.4. The highest BCUT2D eigenvalue weighted by atomic mass is 19.1. The molecule has 0 radical (unpaired) electrons. The molecule has 0 fully saturated rings. The first-order chi connectivity index (χ1) is 14.5. The normalized spacial score (nSPS) is 12.3. The Bertz CT molecular complexity index is 1090. The number of carbonyl (C=O) groups excluding carboxylic acids is 2. The number of anilines is 1. The number of hydrogen-bond donors (Lipinski definition) is 1. The Morgan fingerprint density at radius 2 is 1.97 bits per heavy atom. The lowest BCUT2D eigenvalue weighted by molar-refractivity contribution is -0.119. The van der Waals surface area contributed by atoms with E-state index in [1.54, 1.807) is 41.1 Å². The van der Waals surface area contributed by atoms with Gasteiger partial charge in [-0.2, -0.15) is 5.10 Å². The highest BCUT2D eigenvalue weighted by molar-refractivity contribution is 5.95. The minimum atomic E-state index is -0.658. The summed E-state index contributed by atoms with van der Waals surface area (Å²) in [6, 6.07) is 12.8. The van der Waals surface area contributed by atoms with Gasteiger partial charge < -0.3 is 14.8 Å². The van der Waals surface area contributed by atoms with Crippen LogP contribution in [0.5, 0.6) is 5.75 Å². The van der Waals surface area contributed by atoms with Crippen molar-refractivity contribution >= 4 is 17.6 Å². The lowest BCUT2D eigenvalue weighted by atomic mass is 10.2. The quantitative estimate of drug-likeness (QED) is 0.632. The molecule has 7 nitrogen and oxygen atoms in total. The zero-order valence-corrected chi connectivity index (χ0v) is 16.4. The van der Waals surface area contributed by atoms with Gasteiger partial charge in [-0.15, -0.1) is 0 Å². The lowest BCUT2D eigenvalue weighted by Crippen LogP contribution is -2.21. The SMILES string of the molecule is COc1cccc(NC(=O)COC(=O)c2nn(-c3ccc(F)cc3)c3c2CCC3)c1. The van der Waals surface area contributed by atoms with Crippen LogP contribution in [0.25, 0.3) is 5.69 Å². The summed E-state index contributed by atoms with van der Waals surface area (Å²) in [5.74, 6) is -0.864. The topological polar surface area (TPSA) is 82.4 Å². The van der Waals surface area contributed by atoms with E-state index in [1.165, 1.54) is 19.2 Å². The van der Waals surface area contributed by atoms with Crippen LogP contribution in [0.3, 0.4) is 0 Å². The van der Waals surface area contributed by atoms with Gasteiger partial charge in [-0.3, -0.25) is 4.79 Å². The van der Waals surface area contributed by atoms with E-state index in [2.05, 4.69) is 10.4 Å². The molecule has 0 bridgehead atoms. The predicted molar refractivity (Wildman–Crippen MR) is 107 cm³/mol. The van der Waals surface area contributed by atoms with Crippen LogP contribution in [0.1, 0.15) is 28.2 Å². The molecule has 154 valence electrons. The molecule has 0 spiro atoms. The van der Waals surface area contributed by atoms with E-state index in [9.17, 15) is 14.0 Å². The van der Waals surface area contributed by atoms with Gasteiger partial charge in [-0.25, -0.2) is 13.9 Å². The number of rotatable bonds is 6. The Morgan fingerprint density at radius 3 is 2.73 bits per heavy atom. The van der Waals surface area contributed by atoms with Gasteiger partial charge in [0.25, 0.3) is 5.91 Å². The summed E-state index contributed by atoms with van der Waals surface area (Å²) in [6.07, 6.45) is 2.37. The van der Waals surface area contributed by atoms with Gasteiger partial charge in [0.15, 0.2) is 12.3 Å². The van der Waals surface area contributed by atoms with Crippen molar-refractivity contribution in [2.45, 2.75) is 19.3 Å². The summed E-state index contributed by atoms with van der Waals surface area (Å²) >= 11 is 0. The molecule has 0 aliphatic heterocycles. The third-order valence-electron chi connectivity index (χ3n) is 4.88. The highest BCUT2D eigenvalue weighted by Gasteiger charge is 2.28. The number of halogens is 1. The molecule has 2 aromatic carbocycles. The Labute approximate surface area is 172 Å². The summed E-state index contributed by atoms with van der Waals surface area (Å²) in [5, 5.41) is 7.04. The molecule has 30 heavy (non-hydrogen) atoms. The molecule has 1 heterocycles. The van der Waals surface area contributed by atoms with Crippen LogP contribution in [0.2, 0.25) is 0 Å². The molecular formula is C22H20FN3O4. The molecule has 1 amide bonds. The van der Waals surface area contributed by atoms with E-state index in [1.807, 2.05) is 0 Å². The summed E-state index contributed by atoms with van der Waals surface area (Å²) in [5.41, 5.74) is 3.13. The van der Waals surface area contributed by atoms with Crippen molar-refractivity contribution in [3.63, 3.8) is 0 Å².